The highest BCUT2D eigenvalue weighted by molar-refractivity contribution is 9.10. The number of hydrogen-bond donors (Lipinski definition) is 0. The molecular weight excluding hydrogens is 292 g/mol. The molecule has 1 aromatic carbocycles. The third-order valence-electron chi connectivity index (χ3n) is 2.00. The first-order valence-corrected chi connectivity index (χ1v) is 5.04. The summed E-state index contributed by atoms with van der Waals surface area (Å²) in [6.07, 6.45) is -4.42. The van der Waals surface area contributed by atoms with Crippen molar-refractivity contribution in [2.75, 3.05) is 0 Å². The van der Waals surface area contributed by atoms with Gasteiger partial charge < -0.3 is 0 Å². The summed E-state index contributed by atoms with van der Waals surface area (Å²) in [6.45, 7) is -1.30. The van der Waals surface area contributed by atoms with Gasteiger partial charge in [-0.1, -0.05) is 15.9 Å². The molecule has 1 aromatic heterocycles. The number of rotatable bonds is 1. The highest BCUT2D eigenvalue weighted by Gasteiger charge is 2.29. The summed E-state index contributed by atoms with van der Waals surface area (Å²) in [7, 11) is 0. The number of benzene rings is 1. The fourth-order valence-electron chi connectivity index (χ4n) is 1.40. The van der Waals surface area contributed by atoms with Gasteiger partial charge >= 0.3 is 6.18 Å². The lowest BCUT2D eigenvalue weighted by atomic mass is 10.2. The van der Waals surface area contributed by atoms with Crippen LogP contribution < -0.4 is 0 Å². The van der Waals surface area contributed by atoms with Crippen LogP contribution in [0.25, 0.3) is 10.9 Å². The normalized spacial score (nSPS) is 12.3. The molecule has 0 aliphatic rings. The number of alkyl halides is 3. The van der Waals surface area contributed by atoms with E-state index in [4.69, 9.17) is 0 Å². The molecule has 2 aromatic rings. The standard InChI is InChI=1S/C9H5BrF4N2/c10-5-1-2-6-7(3-5)16(15-8(6)11)4-9(12,13)14/h1-3H,4H2. The lowest BCUT2D eigenvalue weighted by molar-refractivity contribution is -0.142. The molecule has 86 valence electrons. The summed E-state index contributed by atoms with van der Waals surface area (Å²) in [6, 6.07) is 4.33. The number of nitrogens with zero attached hydrogens (tertiary/aromatic N) is 2. The van der Waals surface area contributed by atoms with Gasteiger partial charge in [-0.3, -0.25) is 4.68 Å². The van der Waals surface area contributed by atoms with E-state index in [2.05, 4.69) is 21.0 Å². The van der Waals surface area contributed by atoms with Crippen molar-refractivity contribution in [1.82, 2.24) is 9.78 Å². The average molecular weight is 297 g/mol. The van der Waals surface area contributed by atoms with Gasteiger partial charge in [0.15, 0.2) is 0 Å². The number of fused-ring (bicyclic) bond motifs is 1. The lowest BCUT2D eigenvalue weighted by Gasteiger charge is -2.06. The minimum atomic E-state index is -4.42. The summed E-state index contributed by atoms with van der Waals surface area (Å²) in [5.74, 6) is -0.897. The Hall–Kier alpha value is -1.11. The molecule has 2 rings (SSSR count). The predicted octanol–water partition coefficient (Wildman–Crippen LogP) is 3.50. The van der Waals surface area contributed by atoms with Gasteiger partial charge in [-0.05, 0) is 18.2 Å². The molecule has 1 heterocycles. The fourth-order valence-corrected chi connectivity index (χ4v) is 1.75. The zero-order chi connectivity index (χ0) is 11.9. The topological polar surface area (TPSA) is 17.8 Å². The SMILES string of the molecule is Fc1nn(CC(F)(F)F)c2cc(Br)ccc12. The van der Waals surface area contributed by atoms with Gasteiger partial charge in [0.1, 0.15) is 6.54 Å². The molecule has 0 N–H and O–H groups in total. The summed E-state index contributed by atoms with van der Waals surface area (Å²) >= 11 is 3.11. The van der Waals surface area contributed by atoms with Crippen LogP contribution in [0.4, 0.5) is 17.6 Å². The number of halogens is 5. The molecule has 16 heavy (non-hydrogen) atoms. The molecule has 0 saturated carbocycles. The monoisotopic (exact) mass is 296 g/mol. The van der Waals surface area contributed by atoms with Crippen LogP contribution in [0.5, 0.6) is 0 Å². The van der Waals surface area contributed by atoms with Crippen molar-refractivity contribution < 1.29 is 17.6 Å². The molecule has 0 aliphatic heterocycles. The van der Waals surface area contributed by atoms with E-state index in [-0.39, 0.29) is 10.9 Å². The van der Waals surface area contributed by atoms with Crippen molar-refractivity contribution in [3.05, 3.63) is 28.6 Å². The molecule has 0 saturated heterocycles. The second-order valence-corrected chi connectivity index (χ2v) is 4.14. The van der Waals surface area contributed by atoms with Crippen molar-refractivity contribution in [1.29, 1.82) is 0 Å². The van der Waals surface area contributed by atoms with Gasteiger partial charge in [-0.25, -0.2) is 0 Å². The number of aromatic nitrogens is 2. The smallest absolute Gasteiger partial charge is 0.253 e. The third-order valence-corrected chi connectivity index (χ3v) is 2.49. The molecular formula is C9H5BrF4N2. The first-order valence-electron chi connectivity index (χ1n) is 4.25. The first-order chi connectivity index (χ1) is 7.37. The van der Waals surface area contributed by atoms with Crippen molar-refractivity contribution >= 4 is 26.8 Å². The van der Waals surface area contributed by atoms with Gasteiger partial charge in [0.2, 0.25) is 5.95 Å². The van der Waals surface area contributed by atoms with Gasteiger partial charge in [-0.2, -0.15) is 17.6 Å². The molecule has 0 aliphatic carbocycles. The molecule has 0 bridgehead atoms. The van der Waals surface area contributed by atoms with Gasteiger partial charge in [0.05, 0.1) is 10.9 Å². The summed E-state index contributed by atoms with van der Waals surface area (Å²) < 4.78 is 50.9. The number of hydrogen-bond acceptors (Lipinski definition) is 1. The first kappa shape index (κ1) is 11.4. The van der Waals surface area contributed by atoms with Crippen LogP contribution in [-0.4, -0.2) is 16.0 Å². The Kier molecular flexibility index (Phi) is 2.65. The largest absolute Gasteiger partial charge is 0.408 e. The van der Waals surface area contributed by atoms with Crippen molar-refractivity contribution in [3.63, 3.8) is 0 Å². The Morgan fingerprint density at radius 3 is 2.62 bits per heavy atom. The summed E-state index contributed by atoms with van der Waals surface area (Å²) in [4.78, 5) is 0. The van der Waals surface area contributed by atoms with Crippen LogP contribution in [0.15, 0.2) is 22.7 Å². The van der Waals surface area contributed by atoms with Crippen molar-refractivity contribution in [2.45, 2.75) is 12.7 Å². The highest BCUT2D eigenvalue weighted by atomic mass is 79.9. The Bertz CT molecular complexity index is 532. The van der Waals surface area contributed by atoms with E-state index in [1.165, 1.54) is 12.1 Å². The van der Waals surface area contributed by atoms with Crippen LogP contribution in [0.3, 0.4) is 0 Å². The van der Waals surface area contributed by atoms with Gasteiger partial charge in [0.25, 0.3) is 0 Å². The second kappa shape index (κ2) is 3.73. The molecule has 0 spiro atoms. The van der Waals surface area contributed by atoms with Crippen LogP contribution in [0.2, 0.25) is 0 Å². The molecule has 2 nitrogen and oxygen atoms in total. The van der Waals surface area contributed by atoms with Crippen molar-refractivity contribution in [3.8, 4) is 0 Å². The fraction of sp³-hybridized carbons (Fsp3) is 0.222. The van der Waals surface area contributed by atoms with Crippen molar-refractivity contribution in [2.24, 2.45) is 0 Å². The quantitative estimate of drug-likeness (QED) is 0.737. The second-order valence-electron chi connectivity index (χ2n) is 3.23. The van der Waals surface area contributed by atoms with E-state index in [1.807, 2.05) is 0 Å². The molecule has 0 atom stereocenters. The minimum absolute atomic E-state index is 0.0763. The molecule has 7 heteroatoms. The van der Waals surface area contributed by atoms with E-state index in [9.17, 15) is 17.6 Å². The molecule has 0 unspecified atom stereocenters. The van der Waals surface area contributed by atoms with Crippen LogP contribution in [0.1, 0.15) is 0 Å². The third kappa shape index (κ3) is 2.18. The Balaban J connectivity index is 2.57. The Morgan fingerprint density at radius 1 is 1.31 bits per heavy atom. The molecule has 0 fully saturated rings. The maximum absolute atomic E-state index is 13.2. The molecule has 0 amide bonds. The summed E-state index contributed by atoms with van der Waals surface area (Å²) in [5.41, 5.74) is 0.115. The lowest BCUT2D eigenvalue weighted by Crippen LogP contribution is -2.18. The maximum Gasteiger partial charge on any atom is 0.408 e. The van der Waals surface area contributed by atoms with E-state index >= 15 is 0 Å². The zero-order valence-electron chi connectivity index (χ0n) is 7.72. The van der Waals surface area contributed by atoms with E-state index in [1.54, 1.807) is 6.07 Å². The zero-order valence-corrected chi connectivity index (χ0v) is 9.31. The Labute approximate surface area is 96.0 Å². The van der Waals surface area contributed by atoms with Crippen LogP contribution >= 0.6 is 15.9 Å². The van der Waals surface area contributed by atoms with Crippen LogP contribution in [-0.2, 0) is 6.54 Å². The van der Waals surface area contributed by atoms with E-state index < -0.39 is 18.7 Å². The van der Waals surface area contributed by atoms with E-state index in [0.29, 0.717) is 9.15 Å². The van der Waals surface area contributed by atoms with Gasteiger partial charge in [-0.15, -0.1) is 5.10 Å². The minimum Gasteiger partial charge on any atom is -0.253 e. The van der Waals surface area contributed by atoms with E-state index in [0.717, 1.165) is 0 Å². The predicted molar refractivity (Wildman–Crippen MR) is 53.4 cm³/mol. The molecule has 0 radical (unpaired) electrons. The Morgan fingerprint density at radius 2 is 2.00 bits per heavy atom. The summed E-state index contributed by atoms with van der Waals surface area (Å²) in [5, 5.41) is 3.30. The average Bonchev–Trinajstić information content (AvgIpc) is 2.40. The van der Waals surface area contributed by atoms with Crippen LogP contribution in [0, 0.1) is 5.95 Å². The van der Waals surface area contributed by atoms with Gasteiger partial charge in [0, 0.05) is 4.47 Å². The maximum atomic E-state index is 13.2. The highest BCUT2D eigenvalue weighted by Crippen LogP contribution is 2.25.